The maximum atomic E-state index is 5.21. The Morgan fingerprint density at radius 3 is 2.76 bits per heavy atom. The Hall–Kier alpha value is -1.84. The lowest BCUT2D eigenvalue weighted by molar-refractivity contribution is 0.415. The molecule has 0 saturated carbocycles. The molecule has 0 amide bonds. The van der Waals surface area contributed by atoms with Gasteiger partial charge in [0.15, 0.2) is 0 Å². The van der Waals surface area contributed by atoms with Gasteiger partial charge < -0.3 is 9.64 Å². The van der Waals surface area contributed by atoms with Crippen LogP contribution in [0.2, 0.25) is 0 Å². The minimum atomic E-state index is 0.837. The van der Waals surface area contributed by atoms with Crippen LogP contribution in [0.3, 0.4) is 0 Å². The zero-order valence-corrected chi connectivity index (χ0v) is 9.89. The molecule has 0 atom stereocenters. The Balaban J connectivity index is 2.12. The van der Waals surface area contributed by atoms with Crippen molar-refractivity contribution in [1.82, 2.24) is 9.97 Å². The molecule has 1 aliphatic heterocycles. The van der Waals surface area contributed by atoms with Crippen LogP contribution in [-0.2, 0) is 0 Å². The minimum Gasteiger partial charge on any atom is -0.497 e. The summed E-state index contributed by atoms with van der Waals surface area (Å²) in [7, 11) is 1.67. The number of methoxy groups -OCH3 is 1. The van der Waals surface area contributed by atoms with Crippen molar-refractivity contribution in [1.29, 1.82) is 0 Å². The van der Waals surface area contributed by atoms with E-state index in [0.29, 0.717) is 0 Å². The van der Waals surface area contributed by atoms with Crippen molar-refractivity contribution in [3.8, 4) is 5.75 Å². The molecule has 88 valence electrons. The predicted molar refractivity (Wildman–Crippen MR) is 67.5 cm³/mol. The summed E-state index contributed by atoms with van der Waals surface area (Å²) in [5, 5.41) is 1.11. The van der Waals surface area contributed by atoms with Crippen molar-refractivity contribution in [2.75, 3.05) is 25.1 Å². The summed E-state index contributed by atoms with van der Waals surface area (Å²) < 4.78 is 5.21. The average molecular weight is 229 g/mol. The average Bonchev–Trinajstić information content (AvgIpc) is 2.91. The van der Waals surface area contributed by atoms with E-state index in [0.717, 1.165) is 35.6 Å². The fourth-order valence-electron chi connectivity index (χ4n) is 2.33. The molecule has 17 heavy (non-hydrogen) atoms. The number of anilines is 1. The van der Waals surface area contributed by atoms with E-state index >= 15 is 0 Å². The van der Waals surface area contributed by atoms with Crippen molar-refractivity contribution in [2.45, 2.75) is 12.8 Å². The second-order valence-electron chi connectivity index (χ2n) is 4.27. The van der Waals surface area contributed by atoms with Crippen LogP contribution in [-0.4, -0.2) is 30.2 Å². The molecule has 2 heterocycles. The fraction of sp³-hybridized carbons (Fsp3) is 0.385. The highest BCUT2D eigenvalue weighted by Gasteiger charge is 2.16. The third kappa shape index (κ3) is 1.79. The van der Waals surface area contributed by atoms with Gasteiger partial charge in [-0.05, 0) is 25.0 Å². The molecule has 4 heteroatoms. The maximum absolute atomic E-state index is 5.21. The van der Waals surface area contributed by atoms with Crippen LogP contribution in [0.1, 0.15) is 12.8 Å². The van der Waals surface area contributed by atoms with E-state index < -0.39 is 0 Å². The summed E-state index contributed by atoms with van der Waals surface area (Å²) in [4.78, 5) is 11.1. The molecule has 0 unspecified atom stereocenters. The molecular weight excluding hydrogens is 214 g/mol. The van der Waals surface area contributed by atoms with Crippen molar-refractivity contribution in [3.05, 3.63) is 24.5 Å². The second-order valence-corrected chi connectivity index (χ2v) is 4.27. The number of benzene rings is 1. The Labute approximate surface area is 100 Å². The summed E-state index contributed by atoms with van der Waals surface area (Å²) in [5.74, 6) is 1.89. The number of hydrogen-bond donors (Lipinski definition) is 0. The second kappa shape index (κ2) is 4.20. The van der Waals surface area contributed by atoms with Gasteiger partial charge in [-0.25, -0.2) is 9.97 Å². The van der Waals surface area contributed by atoms with E-state index in [4.69, 9.17) is 4.74 Å². The van der Waals surface area contributed by atoms with Crippen molar-refractivity contribution in [2.24, 2.45) is 0 Å². The zero-order chi connectivity index (χ0) is 11.7. The smallest absolute Gasteiger partial charge is 0.139 e. The number of fused-ring (bicyclic) bond motifs is 1. The van der Waals surface area contributed by atoms with Gasteiger partial charge in [0.25, 0.3) is 0 Å². The largest absolute Gasteiger partial charge is 0.497 e. The van der Waals surface area contributed by atoms with E-state index in [2.05, 4.69) is 14.9 Å². The molecule has 2 aromatic rings. The molecule has 1 saturated heterocycles. The summed E-state index contributed by atoms with van der Waals surface area (Å²) in [6.07, 6.45) is 4.14. The number of rotatable bonds is 2. The summed E-state index contributed by atoms with van der Waals surface area (Å²) in [5.41, 5.74) is 0.946. The van der Waals surface area contributed by atoms with Gasteiger partial charge in [-0.1, -0.05) is 0 Å². The van der Waals surface area contributed by atoms with E-state index in [-0.39, 0.29) is 0 Å². The zero-order valence-electron chi connectivity index (χ0n) is 9.89. The molecule has 1 aromatic heterocycles. The normalized spacial score (nSPS) is 15.5. The Morgan fingerprint density at radius 1 is 1.18 bits per heavy atom. The van der Waals surface area contributed by atoms with Crippen LogP contribution in [0.15, 0.2) is 24.5 Å². The first-order valence-electron chi connectivity index (χ1n) is 5.92. The number of nitrogens with zero attached hydrogens (tertiary/aromatic N) is 3. The van der Waals surface area contributed by atoms with Crippen LogP contribution < -0.4 is 9.64 Å². The van der Waals surface area contributed by atoms with E-state index in [9.17, 15) is 0 Å². The third-order valence-electron chi connectivity index (χ3n) is 3.23. The molecule has 0 aliphatic carbocycles. The summed E-state index contributed by atoms with van der Waals surface area (Å²) >= 11 is 0. The standard InChI is InChI=1S/C13H15N3O/c1-17-10-4-5-11-12(8-10)14-9-15-13(11)16-6-2-3-7-16/h4-5,8-9H,2-3,6-7H2,1H3. The predicted octanol–water partition coefficient (Wildman–Crippen LogP) is 2.24. The van der Waals surface area contributed by atoms with E-state index in [1.165, 1.54) is 12.8 Å². The van der Waals surface area contributed by atoms with Gasteiger partial charge in [-0.3, -0.25) is 0 Å². The van der Waals surface area contributed by atoms with Gasteiger partial charge in [0.1, 0.15) is 17.9 Å². The van der Waals surface area contributed by atoms with E-state index in [1.54, 1.807) is 13.4 Å². The third-order valence-corrected chi connectivity index (χ3v) is 3.23. The lowest BCUT2D eigenvalue weighted by Crippen LogP contribution is -2.19. The molecule has 4 nitrogen and oxygen atoms in total. The van der Waals surface area contributed by atoms with Crippen LogP contribution >= 0.6 is 0 Å². The van der Waals surface area contributed by atoms with Gasteiger partial charge in [0.2, 0.25) is 0 Å². The maximum Gasteiger partial charge on any atom is 0.139 e. The van der Waals surface area contributed by atoms with Gasteiger partial charge in [0.05, 0.1) is 12.6 Å². The number of ether oxygens (including phenoxy) is 1. The van der Waals surface area contributed by atoms with Crippen LogP contribution in [0.4, 0.5) is 5.82 Å². The Kier molecular flexibility index (Phi) is 2.55. The molecule has 0 N–H and O–H groups in total. The first-order valence-corrected chi connectivity index (χ1v) is 5.92. The summed E-state index contributed by atoms with van der Waals surface area (Å²) in [6.45, 7) is 2.19. The Morgan fingerprint density at radius 2 is 2.00 bits per heavy atom. The van der Waals surface area contributed by atoms with Crippen LogP contribution in [0, 0.1) is 0 Å². The molecular formula is C13H15N3O. The van der Waals surface area contributed by atoms with Gasteiger partial charge in [-0.2, -0.15) is 0 Å². The first-order chi connectivity index (χ1) is 8.38. The van der Waals surface area contributed by atoms with Gasteiger partial charge in [0, 0.05) is 24.5 Å². The van der Waals surface area contributed by atoms with Crippen LogP contribution in [0.5, 0.6) is 5.75 Å². The van der Waals surface area contributed by atoms with E-state index in [1.807, 2.05) is 18.2 Å². The molecule has 0 bridgehead atoms. The monoisotopic (exact) mass is 229 g/mol. The molecule has 1 aliphatic rings. The topological polar surface area (TPSA) is 38.2 Å². The quantitative estimate of drug-likeness (QED) is 0.791. The van der Waals surface area contributed by atoms with Crippen LogP contribution in [0.25, 0.3) is 10.9 Å². The lowest BCUT2D eigenvalue weighted by Gasteiger charge is -2.17. The highest BCUT2D eigenvalue weighted by atomic mass is 16.5. The van der Waals surface area contributed by atoms with Crippen molar-refractivity contribution in [3.63, 3.8) is 0 Å². The molecule has 0 spiro atoms. The molecule has 3 rings (SSSR count). The minimum absolute atomic E-state index is 0.837. The molecule has 1 fully saturated rings. The highest BCUT2D eigenvalue weighted by Crippen LogP contribution is 2.28. The van der Waals surface area contributed by atoms with Gasteiger partial charge >= 0.3 is 0 Å². The SMILES string of the molecule is COc1ccc2c(N3CCCC3)ncnc2c1. The fourth-order valence-corrected chi connectivity index (χ4v) is 2.33. The first kappa shape index (κ1) is 10.3. The number of aromatic nitrogens is 2. The molecule has 1 aromatic carbocycles. The van der Waals surface area contributed by atoms with Gasteiger partial charge in [-0.15, -0.1) is 0 Å². The molecule has 0 radical (unpaired) electrons. The number of hydrogen-bond acceptors (Lipinski definition) is 4. The Bertz CT molecular complexity index is 535. The van der Waals surface area contributed by atoms with Crippen molar-refractivity contribution >= 4 is 16.7 Å². The summed E-state index contributed by atoms with van der Waals surface area (Å²) in [6, 6.07) is 5.96. The lowest BCUT2D eigenvalue weighted by atomic mass is 10.2. The highest BCUT2D eigenvalue weighted by molar-refractivity contribution is 5.90. The van der Waals surface area contributed by atoms with Crippen molar-refractivity contribution < 1.29 is 4.74 Å².